The van der Waals surface area contributed by atoms with Gasteiger partial charge in [0.1, 0.15) is 11.5 Å². The van der Waals surface area contributed by atoms with Gasteiger partial charge in [0.05, 0.1) is 6.61 Å². The van der Waals surface area contributed by atoms with Crippen LogP contribution >= 0.6 is 0 Å². The van der Waals surface area contributed by atoms with Gasteiger partial charge in [-0.15, -0.1) is 0 Å². The minimum Gasteiger partial charge on any atom is -0.508 e. The van der Waals surface area contributed by atoms with Crippen molar-refractivity contribution in [2.24, 2.45) is 0 Å². The summed E-state index contributed by atoms with van der Waals surface area (Å²) in [5, 5.41) is 23.1. The molecule has 18 heavy (non-hydrogen) atoms. The molecule has 0 amide bonds. The number of benzene rings is 1. The number of phenols is 1. The van der Waals surface area contributed by atoms with Gasteiger partial charge < -0.3 is 20.1 Å². The predicted octanol–water partition coefficient (Wildman–Crippen LogP) is 3.57. The molecule has 0 aliphatic heterocycles. The maximum Gasteiger partial charge on any atom is 0.503 e. The van der Waals surface area contributed by atoms with E-state index in [-0.39, 0.29) is 5.75 Å². The molecular formula is C13H20O5. The molecule has 5 nitrogen and oxygen atoms in total. The van der Waals surface area contributed by atoms with Crippen molar-refractivity contribution in [1.29, 1.82) is 0 Å². The van der Waals surface area contributed by atoms with Crippen molar-refractivity contribution in [3.05, 3.63) is 24.3 Å². The molecule has 0 aliphatic rings. The van der Waals surface area contributed by atoms with E-state index in [9.17, 15) is 5.11 Å². The van der Waals surface area contributed by atoms with Crippen LogP contribution in [0.5, 0.6) is 11.5 Å². The van der Waals surface area contributed by atoms with E-state index in [4.69, 9.17) is 19.7 Å². The van der Waals surface area contributed by atoms with Gasteiger partial charge in [0.2, 0.25) is 0 Å². The summed E-state index contributed by atoms with van der Waals surface area (Å²) in [4.78, 5) is 8.56. The van der Waals surface area contributed by atoms with E-state index in [1.165, 1.54) is 19.3 Å². The first-order valence-corrected chi connectivity index (χ1v) is 5.90. The van der Waals surface area contributed by atoms with Gasteiger partial charge in [0.25, 0.3) is 0 Å². The Morgan fingerprint density at radius 3 is 2.44 bits per heavy atom. The average Bonchev–Trinajstić information content (AvgIpc) is 2.28. The highest BCUT2D eigenvalue weighted by molar-refractivity contribution is 5.53. The maximum atomic E-state index is 9.17. The molecule has 0 unspecified atom stereocenters. The molecule has 1 aromatic rings. The highest BCUT2D eigenvalue weighted by Gasteiger charge is 1.94. The fraction of sp³-hybridized carbons (Fsp3) is 0.462. The van der Waals surface area contributed by atoms with Crippen LogP contribution in [0.4, 0.5) is 4.79 Å². The lowest BCUT2D eigenvalue weighted by Crippen LogP contribution is -1.96. The van der Waals surface area contributed by atoms with E-state index in [1.54, 1.807) is 18.2 Å². The first-order valence-electron chi connectivity index (χ1n) is 5.90. The normalized spacial score (nSPS) is 9.17. The number of unbranched alkanes of at least 4 members (excludes halogenated alkanes) is 3. The molecule has 0 saturated heterocycles. The van der Waals surface area contributed by atoms with Crippen LogP contribution in [0.1, 0.15) is 32.6 Å². The Morgan fingerprint density at radius 1 is 1.22 bits per heavy atom. The number of carboxylic acid groups (broad SMARTS) is 2. The topological polar surface area (TPSA) is 87.0 Å². The van der Waals surface area contributed by atoms with Crippen molar-refractivity contribution < 1.29 is 24.9 Å². The molecule has 0 radical (unpaired) electrons. The summed E-state index contributed by atoms with van der Waals surface area (Å²) < 4.78 is 5.47. The molecule has 1 rings (SSSR count). The number of carbonyl (C=O) groups is 1. The third-order valence-corrected chi connectivity index (χ3v) is 2.08. The van der Waals surface area contributed by atoms with Crippen LogP contribution in [0.25, 0.3) is 0 Å². The Kier molecular flexibility index (Phi) is 9.17. The van der Waals surface area contributed by atoms with E-state index >= 15 is 0 Å². The number of phenolic OH excluding ortho intramolecular Hbond substituents is 1. The summed E-state index contributed by atoms with van der Waals surface area (Å²) in [5.41, 5.74) is 0. The summed E-state index contributed by atoms with van der Waals surface area (Å²) in [5.74, 6) is 1.01. The van der Waals surface area contributed by atoms with E-state index in [0.717, 1.165) is 18.8 Å². The zero-order chi connectivity index (χ0) is 13.8. The van der Waals surface area contributed by atoms with Gasteiger partial charge >= 0.3 is 6.16 Å². The highest BCUT2D eigenvalue weighted by Crippen LogP contribution is 2.17. The van der Waals surface area contributed by atoms with Gasteiger partial charge in [-0.25, -0.2) is 4.79 Å². The van der Waals surface area contributed by atoms with Gasteiger partial charge in [-0.3, -0.25) is 0 Å². The van der Waals surface area contributed by atoms with Gasteiger partial charge in [0.15, 0.2) is 0 Å². The second-order valence-electron chi connectivity index (χ2n) is 3.69. The number of ether oxygens (including phenoxy) is 1. The van der Waals surface area contributed by atoms with Crippen molar-refractivity contribution >= 4 is 6.16 Å². The molecule has 0 atom stereocenters. The Balaban J connectivity index is 0.000000631. The van der Waals surface area contributed by atoms with Gasteiger partial charge in [-0.1, -0.05) is 32.3 Å². The highest BCUT2D eigenvalue weighted by atomic mass is 16.6. The van der Waals surface area contributed by atoms with E-state index < -0.39 is 6.16 Å². The first kappa shape index (κ1) is 16.1. The van der Waals surface area contributed by atoms with Crippen LogP contribution in [0.15, 0.2) is 24.3 Å². The van der Waals surface area contributed by atoms with E-state index in [2.05, 4.69) is 6.92 Å². The summed E-state index contributed by atoms with van der Waals surface area (Å²) in [6, 6.07) is 6.93. The summed E-state index contributed by atoms with van der Waals surface area (Å²) in [6.45, 7) is 2.93. The molecule has 1 aromatic carbocycles. The smallest absolute Gasteiger partial charge is 0.503 e. The predicted molar refractivity (Wildman–Crippen MR) is 68.4 cm³/mol. The summed E-state index contributed by atoms with van der Waals surface area (Å²) >= 11 is 0. The molecule has 102 valence electrons. The number of aromatic hydroxyl groups is 1. The van der Waals surface area contributed by atoms with Crippen molar-refractivity contribution in [2.45, 2.75) is 32.6 Å². The van der Waals surface area contributed by atoms with Gasteiger partial charge in [-0.05, 0) is 18.6 Å². The summed E-state index contributed by atoms with van der Waals surface area (Å²) in [6.07, 6.45) is 2.98. The van der Waals surface area contributed by atoms with Gasteiger partial charge in [-0.2, -0.15) is 0 Å². The number of rotatable bonds is 6. The van der Waals surface area contributed by atoms with Crippen LogP contribution in [0, 0.1) is 0 Å². The quantitative estimate of drug-likeness (QED) is 0.677. The Labute approximate surface area is 107 Å². The van der Waals surface area contributed by atoms with E-state index in [0.29, 0.717) is 0 Å². The molecule has 3 N–H and O–H groups in total. The van der Waals surface area contributed by atoms with Crippen molar-refractivity contribution in [1.82, 2.24) is 0 Å². The average molecular weight is 256 g/mol. The molecule has 0 aromatic heterocycles. The first-order chi connectivity index (χ1) is 8.56. The number of hydrogen-bond donors (Lipinski definition) is 3. The van der Waals surface area contributed by atoms with E-state index in [1.807, 2.05) is 6.07 Å². The van der Waals surface area contributed by atoms with Crippen molar-refractivity contribution in [2.75, 3.05) is 6.61 Å². The molecule has 0 aliphatic carbocycles. The lowest BCUT2D eigenvalue weighted by atomic mass is 10.2. The standard InChI is InChI=1S/C12H18O2.CH2O3/c1-2-3-4-5-9-14-12-8-6-7-11(13)10-12;2-1(3)4/h6-8,10,13H,2-5,9H2,1H3;(H2,2,3,4). The molecule has 0 saturated carbocycles. The summed E-state index contributed by atoms with van der Waals surface area (Å²) in [7, 11) is 0. The van der Waals surface area contributed by atoms with Crippen LogP contribution in [0.2, 0.25) is 0 Å². The second kappa shape index (κ2) is 10.3. The van der Waals surface area contributed by atoms with Crippen LogP contribution in [-0.2, 0) is 0 Å². The van der Waals surface area contributed by atoms with Gasteiger partial charge in [0, 0.05) is 6.07 Å². The Bertz CT molecular complexity index is 334. The third-order valence-electron chi connectivity index (χ3n) is 2.08. The monoisotopic (exact) mass is 256 g/mol. The minimum atomic E-state index is -1.83. The molecule has 0 fully saturated rings. The Hall–Kier alpha value is -1.91. The fourth-order valence-electron chi connectivity index (χ4n) is 1.29. The molecule has 0 heterocycles. The SMILES string of the molecule is CCCCCCOc1cccc(O)c1.O=C(O)O. The molecular weight excluding hydrogens is 236 g/mol. The Morgan fingerprint density at radius 2 is 1.89 bits per heavy atom. The van der Waals surface area contributed by atoms with Crippen LogP contribution in [0.3, 0.4) is 0 Å². The number of hydrogen-bond acceptors (Lipinski definition) is 3. The lowest BCUT2D eigenvalue weighted by Gasteiger charge is -2.05. The second-order valence-corrected chi connectivity index (χ2v) is 3.69. The molecule has 0 spiro atoms. The largest absolute Gasteiger partial charge is 0.508 e. The third kappa shape index (κ3) is 10.6. The van der Waals surface area contributed by atoms with Crippen molar-refractivity contribution in [3.8, 4) is 11.5 Å². The minimum absolute atomic E-state index is 0.260. The zero-order valence-corrected chi connectivity index (χ0v) is 10.5. The lowest BCUT2D eigenvalue weighted by molar-refractivity contribution is 0.137. The van der Waals surface area contributed by atoms with Crippen molar-refractivity contribution in [3.63, 3.8) is 0 Å². The fourth-order valence-corrected chi connectivity index (χ4v) is 1.29. The van der Waals surface area contributed by atoms with Crippen LogP contribution in [-0.4, -0.2) is 28.1 Å². The maximum absolute atomic E-state index is 9.17. The van der Waals surface area contributed by atoms with Crippen LogP contribution < -0.4 is 4.74 Å². The molecule has 0 bridgehead atoms. The molecule has 5 heteroatoms. The zero-order valence-electron chi connectivity index (χ0n) is 10.5.